The quantitative estimate of drug-likeness (QED) is 0.219. The van der Waals surface area contributed by atoms with E-state index in [2.05, 4.69) is 111 Å². The number of hydrogen-bond acceptors (Lipinski definition) is 3. The highest BCUT2D eigenvalue weighted by atomic mass is 15.1. The van der Waals surface area contributed by atoms with Gasteiger partial charge in [0.15, 0.2) is 0 Å². The molecule has 0 saturated heterocycles. The number of fused-ring (bicyclic) bond motifs is 12. The number of benzene rings is 4. The lowest BCUT2D eigenvalue weighted by Gasteiger charge is -2.12. The number of aromatic nitrogens is 5. The fraction of sp³-hybridized carbons (Fsp3) is 0. The van der Waals surface area contributed by atoms with Crippen molar-refractivity contribution in [1.82, 2.24) is 23.9 Å². The molecular weight excluding hydrogens is 490 g/mol. The van der Waals surface area contributed by atoms with Gasteiger partial charge in [0, 0.05) is 39.5 Å². The van der Waals surface area contributed by atoms with E-state index in [1.165, 1.54) is 21.5 Å². The Kier molecular flexibility index (Phi) is 4.27. The SMILES string of the molecule is c1cncc(-c2cccc(-n3c4ccccc4c4c5c6ccccc6c6nc7ccccc7n6c5ccc43)n2)c1. The van der Waals surface area contributed by atoms with Crippen molar-refractivity contribution in [3.63, 3.8) is 0 Å². The summed E-state index contributed by atoms with van der Waals surface area (Å²) in [7, 11) is 0. The van der Waals surface area contributed by atoms with Crippen molar-refractivity contribution in [1.29, 1.82) is 0 Å². The van der Waals surface area contributed by atoms with Crippen molar-refractivity contribution in [3.05, 3.63) is 128 Å². The topological polar surface area (TPSA) is 48.0 Å². The first-order valence-electron chi connectivity index (χ1n) is 13.4. The Morgan fingerprint density at radius 2 is 1.25 bits per heavy atom. The number of pyridine rings is 3. The molecule has 5 nitrogen and oxygen atoms in total. The zero-order valence-electron chi connectivity index (χ0n) is 21.4. The number of rotatable bonds is 2. The molecule has 186 valence electrons. The van der Waals surface area contributed by atoms with E-state index in [0.717, 1.165) is 55.7 Å². The maximum absolute atomic E-state index is 5.12. The van der Waals surface area contributed by atoms with Crippen LogP contribution in [0.3, 0.4) is 0 Å². The van der Waals surface area contributed by atoms with Gasteiger partial charge in [-0.3, -0.25) is 14.0 Å². The highest BCUT2D eigenvalue weighted by Crippen LogP contribution is 2.41. The number of imidazole rings is 1. The fourth-order valence-corrected chi connectivity index (χ4v) is 6.32. The van der Waals surface area contributed by atoms with Crippen LogP contribution >= 0.6 is 0 Å². The third kappa shape index (κ3) is 2.83. The minimum absolute atomic E-state index is 0.880. The molecule has 0 N–H and O–H groups in total. The van der Waals surface area contributed by atoms with Crippen molar-refractivity contribution < 1.29 is 0 Å². The van der Waals surface area contributed by atoms with Crippen LogP contribution in [0.15, 0.2) is 128 Å². The molecule has 4 aromatic carbocycles. The van der Waals surface area contributed by atoms with Gasteiger partial charge in [-0.2, -0.15) is 0 Å². The van der Waals surface area contributed by atoms with E-state index in [0.29, 0.717) is 0 Å². The lowest BCUT2D eigenvalue weighted by Crippen LogP contribution is -1.99. The molecule has 0 spiro atoms. The van der Waals surface area contributed by atoms with Crippen LogP contribution in [-0.2, 0) is 0 Å². The Morgan fingerprint density at radius 1 is 0.500 bits per heavy atom. The summed E-state index contributed by atoms with van der Waals surface area (Å²) < 4.78 is 4.61. The monoisotopic (exact) mass is 511 g/mol. The molecule has 5 heterocycles. The van der Waals surface area contributed by atoms with Crippen LogP contribution in [0.5, 0.6) is 0 Å². The van der Waals surface area contributed by atoms with Crippen LogP contribution in [0.25, 0.3) is 77.2 Å². The summed E-state index contributed by atoms with van der Waals surface area (Å²) in [4.78, 5) is 14.5. The number of nitrogens with zero attached hydrogens (tertiary/aromatic N) is 5. The van der Waals surface area contributed by atoms with Gasteiger partial charge in [-0.25, -0.2) is 9.97 Å². The molecule has 0 saturated carbocycles. The second-order valence-electron chi connectivity index (χ2n) is 10.1. The minimum atomic E-state index is 0.880. The highest BCUT2D eigenvalue weighted by Gasteiger charge is 2.20. The molecule has 0 aliphatic rings. The van der Waals surface area contributed by atoms with Crippen molar-refractivity contribution in [2.45, 2.75) is 0 Å². The average molecular weight is 512 g/mol. The lowest BCUT2D eigenvalue weighted by molar-refractivity contribution is 1.08. The van der Waals surface area contributed by atoms with E-state index in [1.54, 1.807) is 6.20 Å². The van der Waals surface area contributed by atoms with E-state index >= 15 is 0 Å². The first-order valence-corrected chi connectivity index (χ1v) is 13.4. The summed E-state index contributed by atoms with van der Waals surface area (Å²) in [5.74, 6) is 0.880. The predicted octanol–water partition coefficient (Wildman–Crippen LogP) is 8.35. The molecule has 5 aromatic heterocycles. The van der Waals surface area contributed by atoms with Crippen LogP contribution in [0.1, 0.15) is 0 Å². The van der Waals surface area contributed by atoms with Gasteiger partial charge in [-0.05, 0) is 60.0 Å². The van der Waals surface area contributed by atoms with E-state index in [-0.39, 0.29) is 0 Å². The Labute approximate surface area is 228 Å². The maximum atomic E-state index is 5.12. The number of hydrogen-bond donors (Lipinski definition) is 0. The third-order valence-electron chi connectivity index (χ3n) is 7.98. The van der Waals surface area contributed by atoms with Crippen LogP contribution in [0.4, 0.5) is 0 Å². The molecule has 0 aliphatic carbocycles. The molecule has 0 radical (unpaired) electrons. The van der Waals surface area contributed by atoms with Crippen LogP contribution in [-0.4, -0.2) is 23.9 Å². The van der Waals surface area contributed by atoms with Crippen molar-refractivity contribution in [2.75, 3.05) is 0 Å². The molecule has 0 unspecified atom stereocenters. The first kappa shape index (κ1) is 21.4. The molecule has 9 aromatic rings. The minimum Gasteiger partial charge on any atom is -0.294 e. The van der Waals surface area contributed by atoms with Gasteiger partial charge in [0.1, 0.15) is 11.5 Å². The van der Waals surface area contributed by atoms with E-state index in [1.807, 2.05) is 24.4 Å². The summed E-state index contributed by atoms with van der Waals surface area (Å²) in [6.07, 6.45) is 3.65. The molecule has 0 fully saturated rings. The average Bonchev–Trinajstić information content (AvgIpc) is 3.58. The summed E-state index contributed by atoms with van der Waals surface area (Å²) >= 11 is 0. The van der Waals surface area contributed by atoms with E-state index in [9.17, 15) is 0 Å². The fourth-order valence-electron chi connectivity index (χ4n) is 6.32. The Balaban J connectivity index is 1.48. The van der Waals surface area contributed by atoms with Gasteiger partial charge in [-0.15, -0.1) is 0 Å². The molecule has 0 atom stereocenters. The summed E-state index contributed by atoms with van der Waals surface area (Å²) in [6.45, 7) is 0. The Bertz CT molecular complexity index is 2430. The molecule has 40 heavy (non-hydrogen) atoms. The normalized spacial score (nSPS) is 12.0. The van der Waals surface area contributed by atoms with Crippen molar-refractivity contribution in [2.24, 2.45) is 0 Å². The van der Waals surface area contributed by atoms with Crippen LogP contribution < -0.4 is 0 Å². The van der Waals surface area contributed by atoms with Gasteiger partial charge in [0.25, 0.3) is 0 Å². The molecular formula is C35H21N5. The first-order chi connectivity index (χ1) is 19.9. The van der Waals surface area contributed by atoms with Crippen LogP contribution in [0.2, 0.25) is 0 Å². The molecule has 0 amide bonds. The Hall–Kier alpha value is -5.55. The summed E-state index contributed by atoms with van der Waals surface area (Å²) in [6, 6.07) is 40.3. The number of para-hydroxylation sites is 3. The zero-order valence-corrected chi connectivity index (χ0v) is 21.4. The standard InChI is InChI=1S/C35H21N5/c1-2-11-24-23(10-1)33-31(40-29-16-6-4-13-27(29)38-35(24)40)19-18-30-34(33)25-12-3-5-15-28(25)39(30)32-17-7-14-26(37-32)22-9-8-20-36-21-22/h1-21H. The van der Waals surface area contributed by atoms with Gasteiger partial charge >= 0.3 is 0 Å². The second kappa shape index (κ2) is 7.98. The van der Waals surface area contributed by atoms with Crippen molar-refractivity contribution >= 4 is 60.2 Å². The summed E-state index contributed by atoms with van der Waals surface area (Å²) in [5.41, 5.74) is 8.39. The van der Waals surface area contributed by atoms with Gasteiger partial charge in [0.2, 0.25) is 0 Å². The third-order valence-corrected chi connectivity index (χ3v) is 7.98. The molecule has 0 bridgehead atoms. The largest absolute Gasteiger partial charge is 0.294 e. The van der Waals surface area contributed by atoms with Crippen molar-refractivity contribution in [3.8, 4) is 17.1 Å². The summed E-state index contributed by atoms with van der Waals surface area (Å²) in [5, 5.41) is 5.99. The van der Waals surface area contributed by atoms with Gasteiger partial charge < -0.3 is 0 Å². The van der Waals surface area contributed by atoms with Crippen LogP contribution in [0, 0.1) is 0 Å². The Morgan fingerprint density at radius 3 is 2.12 bits per heavy atom. The zero-order chi connectivity index (χ0) is 26.2. The molecule has 0 aliphatic heterocycles. The van der Waals surface area contributed by atoms with Gasteiger partial charge in [-0.1, -0.05) is 60.7 Å². The smallest absolute Gasteiger partial charge is 0.146 e. The molecule has 5 heteroatoms. The van der Waals surface area contributed by atoms with Gasteiger partial charge in [0.05, 0.1) is 33.3 Å². The van der Waals surface area contributed by atoms with E-state index < -0.39 is 0 Å². The van der Waals surface area contributed by atoms with E-state index in [4.69, 9.17) is 9.97 Å². The second-order valence-corrected chi connectivity index (χ2v) is 10.1. The maximum Gasteiger partial charge on any atom is 0.146 e. The predicted molar refractivity (Wildman–Crippen MR) is 163 cm³/mol. The molecule has 9 rings (SSSR count). The highest BCUT2D eigenvalue weighted by molar-refractivity contribution is 6.29. The lowest BCUT2D eigenvalue weighted by atomic mass is 10.0.